The zero-order valence-electron chi connectivity index (χ0n) is 22.1. The van der Waals surface area contributed by atoms with Crippen LogP contribution in [0.25, 0.3) is 11.1 Å². The van der Waals surface area contributed by atoms with E-state index in [0.29, 0.717) is 37.3 Å². The third kappa shape index (κ3) is 7.99. The normalized spacial score (nSPS) is 14.3. The van der Waals surface area contributed by atoms with Crippen molar-refractivity contribution in [2.24, 2.45) is 0 Å². The summed E-state index contributed by atoms with van der Waals surface area (Å²) in [7, 11) is -4.32. The second kappa shape index (κ2) is 13.2. The highest BCUT2D eigenvalue weighted by Crippen LogP contribution is 2.32. The average Bonchev–Trinajstić information content (AvgIpc) is 2.95. The van der Waals surface area contributed by atoms with E-state index in [2.05, 4.69) is 14.4 Å². The van der Waals surface area contributed by atoms with Gasteiger partial charge in [-0.15, -0.1) is 0 Å². The number of nitrogens with one attached hydrogen (secondary N) is 1. The number of anilines is 1. The van der Waals surface area contributed by atoms with E-state index in [-0.39, 0.29) is 22.9 Å². The molecule has 0 unspecified atom stereocenters. The number of carbonyl (C=O) groups is 2. The molecule has 0 amide bonds. The smallest absolute Gasteiger partial charge is 0.491 e. The van der Waals surface area contributed by atoms with Crippen LogP contribution in [0.2, 0.25) is 0 Å². The summed E-state index contributed by atoms with van der Waals surface area (Å²) < 4.78 is 82.2. The van der Waals surface area contributed by atoms with Crippen LogP contribution < -0.4 is 9.46 Å². The molecule has 0 atom stereocenters. The molecule has 42 heavy (non-hydrogen) atoms. The van der Waals surface area contributed by atoms with Crippen molar-refractivity contribution in [3.05, 3.63) is 72.3 Å². The molecule has 10 nitrogen and oxygen atoms in total. The van der Waals surface area contributed by atoms with Crippen LogP contribution in [-0.2, 0) is 24.3 Å². The van der Waals surface area contributed by atoms with Crippen molar-refractivity contribution in [1.82, 2.24) is 4.90 Å². The van der Waals surface area contributed by atoms with E-state index in [1.54, 1.807) is 24.3 Å². The van der Waals surface area contributed by atoms with E-state index in [0.717, 1.165) is 31.3 Å². The summed E-state index contributed by atoms with van der Waals surface area (Å²) in [5.41, 5.74) is -0.00790. The first-order chi connectivity index (χ1) is 19.9. The zero-order valence-corrected chi connectivity index (χ0v) is 22.9. The topological polar surface area (TPSA) is 131 Å². The molecule has 3 aromatic carbocycles. The Morgan fingerprint density at radius 1 is 1.00 bits per heavy atom. The highest BCUT2D eigenvalue weighted by atomic mass is 32.2. The van der Waals surface area contributed by atoms with Crippen molar-refractivity contribution in [2.75, 3.05) is 44.2 Å². The predicted octanol–water partition coefficient (Wildman–Crippen LogP) is 4.21. The number of benzene rings is 3. The van der Waals surface area contributed by atoms with E-state index >= 15 is 0 Å². The Morgan fingerprint density at radius 3 is 2.45 bits per heavy atom. The summed E-state index contributed by atoms with van der Waals surface area (Å²) in [5, 5.41) is 10.1. The molecule has 1 aliphatic rings. The van der Waals surface area contributed by atoms with Crippen LogP contribution in [0.1, 0.15) is 16.8 Å². The minimum atomic E-state index is -5.38. The molecule has 14 heteroatoms. The van der Waals surface area contributed by atoms with Crippen LogP contribution in [0.5, 0.6) is 11.5 Å². The number of alkyl halides is 3. The molecular formula is C28H27F3N2O8S. The molecule has 0 radical (unpaired) electrons. The fourth-order valence-electron chi connectivity index (χ4n) is 4.11. The number of phenolic OH excluding ortho intramolecular Hbond substituents is 1. The Hall–Kier alpha value is -4.14. The van der Waals surface area contributed by atoms with Gasteiger partial charge in [0.1, 0.15) is 17.1 Å². The zero-order chi connectivity index (χ0) is 30.3. The van der Waals surface area contributed by atoms with Gasteiger partial charge in [0.15, 0.2) is 0 Å². The first kappa shape index (κ1) is 30.8. The van der Waals surface area contributed by atoms with Crippen molar-refractivity contribution in [1.29, 1.82) is 0 Å². The number of hydrogen-bond donors (Lipinski definition) is 2. The second-order valence-corrected chi connectivity index (χ2v) is 10.9. The molecule has 1 aliphatic heterocycles. The second-order valence-electron chi connectivity index (χ2n) is 9.19. The van der Waals surface area contributed by atoms with Gasteiger partial charge in [0.05, 0.1) is 30.4 Å². The van der Waals surface area contributed by atoms with Crippen LogP contribution in [0.15, 0.2) is 71.6 Å². The highest BCUT2D eigenvalue weighted by Gasteiger charge is 2.42. The number of aromatic hydroxyl groups is 1. The molecule has 0 saturated carbocycles. The lowest BCUT2D eigenvalue weighted by Crippen LogP contribution is -2.37. The maximum atomic E-state index is 13.1. The molecule has 4 rings (SSSR count). The van der Waals surface area contributed by atoms with Gasteiger partial charge >= 0.3 is 18.1 Å². The van der Waals surface area contributed by atoms with Crippen molar-refractivity contribution in [3.63, 3.8) is 0 Å². The Labute approximate surface area is 239 Å². The third-order valence-electron chi connectivity index (χ3n) is 6.20. The van der Waals surface area contributed by atoms with Gasteiger partial charge in [0, 0.05) is 31.3 Å². The first-order valence-corrected chi connectivity index (χ1v) is 14.2. The average molecular weight is 609 g/mol. The monoisotopic (exact) mass is 608 g/mol. The van der Waals surface area contributed by atoms with E-state index in [4.69, 9.17) is 9.47 Å². The molecule has 0 aromatic heterocycles. The standard InChI is InChI=1S/C28H27F3N2O8S/c29-28(30,31)27(36)41-25-18-20(9-10-23(25)26(35)40-14-4-11-33-12-15-39-16-13-33)32-42(37,38)21-6-3-5-19(17-21)22-7-1-2-8-24(22)34/h1-3,5-10,17-18,32,34H,4,11-16H2. The van der Waals surface area contributed by atoms with Gasteiger partial charge in [0.2, 0.25) is 0 Å². The Balaban J connectivity index is 1.53. The van der Waals surface area contributed by atoms with Crippen molar-refractivity contribution in [3.8, 4) is 22.6 Å². The number of sulfonamides is 1. The Kier molecular flexibility index (Phi) is 9.70. The molecular weight excluding hydrogens is 581 g/mol. The lowest BCUT2D eigenvalue weighted by atomic mass is 10.1. The van der Waals surface area contributed by atoms with Gasteiger partial charge in [-0.3, -0.25) is 9.62 Å². The third-order valence-corrected chi connectivity index (χ3v) is 7.58. The highest BCUT2D eigenvalue weighted by molar-refractivity contribution is 7.92. The van der Waals surface area contributed by atoms with Gasteiger partial charge in [-0.1, -0.05) is 30.3 Å². The molecule has 2 N–H and O–H groups in total. The number of halogens is 3. The number of phenols is 1. The van der Waals surface area contributed by atoms with Crippen molar-refractivity contribution >= 4 is 27.6 Å². The summed E-state index contributed by atoms with van der Waals surface area (Å²) in [6.07, 6.45) is -4.93. The minimum Gasteiger partial charge on any atom is -0.507 e. The minimum absolute atomic E-state index is 0.0511. The van der Waals surface area contributed by atoms with E-state index < -0.39 is 39.5 Å². The molecule has 0 aliphatic carbocycles. The summed E-state index contributed by atoms with van der Waals surface area (Å²) in [5.74, 6) is -4.55. The van der Waals surface area contributed by atoms with Gasteiger partial charge in [-0.25, -0.2) is 18.0 Å². The summed E-state index contributed by atoms with van der Waals surface area (Å²) in [4.78, 5) is 26.1. The van der Waals surface area contributed by atoms with Gasteiger partial charge in [-0.05, 0) is 42.3 Å². The number of hydrogen-bond acceptors (Lipinski definition) is 9. The number of para-hydroxylation sites is 1. The van der Waals surface area contributed by atoms with Gasteiger partial charge in [-0.2, -0.15) is 13.2 Å². The SMILES string of the molecule is O=C(OCCCN1CCOCC1)c1ccc(NS(=O)(=O)c2cccc(-c3ccccc3O)c2)cc1OC(=O)C(F)(F)F. The van der Waals surface area contributed by atoms with Crippen molar-refractivity contribution in [2.45, 2.75) is 17.5 Å². The van der Waals surface area contributed by atoms with Crippen LogP contribution in [0.4, 0.5) is 18.9 Å². The van der Waals surface area contributed by atoms with Gasteiger partial charge in [0.25, 0.3) is 10.0 Å². The van der Waals surface area contributed by atoms with E-state index in [9.17, 15) is 36.3 Å². The maximum absolute atomic E-state index is 13.1. The molecule has 1 fully saturated rings. The number of morpholine rings is 1. The summed E-state index contributed by atoms with van der Waals surface area (Å²) >= 11 is 0. The van der Waals surface area contributed by atoms with Crippen LogP contribution in [0, 0.1) is 0 Å². The number of rotatable bonds is 10. The van der Waals surface area contributed by atoms with E-state index in [1.165, 1.54) is 24.3 Å². The van der Waals surface area contributed by atoms with Crippen LogP contribution >= 0.6 is 0 Å². The van der Waals surface area contributed by atoms with Crippen LogP contribution in [-0.4, -0.2) is 76.0 Å². The molecule has 1 saturated heterocycles. The molecule has 0 spiro atoms. The van der Waals surface area contributed by atoms with E-state index in [1.807, 2.05) is 0 Å². The lowest BCUT2D eigenvalue weighted by Gasteiger charge is -2.26. The van der Waals surface area contributed by atoms with Gasteiger partial charge < -0.3 is 19.3 Å². The fourth-order valence-corrected chi connectivity index (χ4v) is 5.21. The van der Waals surface area contributed by atoms with Crippen molar-refractivity contribution < 1.29 is 50.5 Å². The molecule has 1 heterocycles. The first-order valence-electron chi connectivity index (χ1n) is 12.8. The summed E-state index contributed by atoms with van der Waals surface area (Å²) in [6.45, 7) is 3.18. The lowest BCUT2D eigenvalue weighted by molar-refractivity contribution is -0.189. The Bertz CT molecular complexity index is 1540. The fraction of sp³-hybridized carbons (Fsp3) is 0.286. The molecule has 0 bridgehead atoms. The largest absolute Gasteiger partial charge is 0.507 e. The quantitative estimate of drug-likeness (QED) is 0.197. The maximum Gasteiger partial charge on any atom is 0.491 e. The van der Waals surface area contributed by atoms with Crippen LogP contribution in [0.3, 0.4) is 0 Å². The number of nitrogens with zero attached hydrogens (tertiary/aromatic N) is 1. The predicted molar refractivity (Wildman–Crippen MR) is 145 cm³/mol. The summed E-state index contributed by atoms with van der Waals surface area (Å²) in [6, 6.07) is 14.8. The Morgan fingerprint density at radius 2 is 1.74 bits per heavy atom. The molecule has 224 valence electrons. The molecule has 3 aromatic rings. The number of ether oxygens (including phenoxy) is 3. The number of carbonyl (C=O) groups excluding carboxylic acids is 2. The number of esters is 2.